The summed E-state index contributed by atoms with van der Waals surface area (Å²) in [6.07, 6.45) is -2.43. The van der Waals surface area contributed by atoms with Crippen molar-refractivity contribution in [1.29, 1.82) is 0 Å². The van der Waals surface area contributed by atoms with E-state index in [9.17, 15) is 17.6 Å². The number of pyridine rings is 1. The topological polar surface area (TPSA) is 57.4 Å². The summed E-state index contributed by atoms with van der Waals surface area (Å²) in [6.45, 7) is 0.649. The quantitative estimate of drug-likeness (QED) is 0.769. The van der Waals surface area contributed by atoms with Gasteiger partial charge in [0.25, 0.3) is 0 Å². The lowest BCUT2D eigenvalue weighted by Gasteiger charge is -2.21. The van der Waals surface area contributed by atoms with E-state index < -0.39 is 17.9 Å². The molecule has 0 bridgehead atoms. The molecule has 4 nitrogen and oxygen atoms in total. The van der Waals surface area contributed by atoms with Crippen LogP contribution in [0.1, 0.15) is 18.2 Å². The molecule has 0 aliphatic carbocycles. The second-order valence-electron chi connectivity index (χ2n) is 4.76. The van der Waals surface area contributed by atoms with Crippen LogP contribution in [0.3, 0.4) is 0 Å². The van der Waals surface area contributed by atoms with Gasteiger partial charge in [-0.15, -0.1) is 13.2 Å². The first-order valence-corrected chi connectivity index (χ1v) is 7.18. The minimum atomic E-state index is -4.85. The van der Waals surface area contributed by atoms with Gasteiger partial charge in [-0.3, -0.25) is 4.98 Å². The average Bonchev–Trinajstić information content (AvgIpc) is 2.49. The first kappa shape index (κ1) is 18.3. The Morgan fingerprint density at radius 3 is 2.67 bits per heavy atom. The van der Waals surface area contributed by atoms with E-state index in [0.29, 0.717) is 11.6 Å². The molecule has 0 saturated carbocycles. The Morgan fingerprint density at radius 2 is 2.00 bits per heavy atom. The van der Waals surface area contributed by atoms with Crippen LogP contribution in [0.15, 0.2) is 36.5 Å². The van der Waals surface area contributed by atoms with Gasteiger partial charge in [-0.1, -0.05) is 23.7 Å². The van der Waals surface area contributed by atoms with Crippen molar-refractivity contribution in [3.63, 3.8) is 0 Å². The fraction of sp³-hybridized carbons (Fsp3) is 0.267. The number of nitrogens with two attached hydrogens (primary N) is 1. The lowest BCUT2D eigenvalue weighted by atomic mass is 10.1. The lowest BCUT2D eigenvalue weighted by Crippen LogP contribution is -2.21. The van der Waals surface area contributed by atoms with Gasteiger partial charge in [-0.25, -0.2) is 4.39 Å². The van der Waals surface area contributed by atoms with Crippen LogP contribution < -0.4 is 15.2 Å². The van der Waals surface area contributed by atoms with E-state index in [4.69, 9.17) is 22.1 Å². The van der Waals surface area contributed by atoms with Crippen molar-refractivity contribution < 1.29 is 27.0 Å². The van der Waals surface area contributed by atoms with Gasteiger partial charge < -0.3 is 15.2 Å². The normalized spacial score (nSPS) is 16.3. The maximum Gasteiger partial charge on any atom is 0.573 e. The Morgan fingerprint density at radius 1 is 1.29 bits per heavy atom. The van der Waals surface area contributed by atoms with Crippen LogP contribution in [-0.2, 0) is 0 Å². The van der Waals surface area contributed by atoms with Crippen LogP contribution in [0.4, 0.5) is 17.6 Å². The molecule has 0 fully saturated rings. The van der Waals surface area contributed by atoms with Crippen molar-refractivity contribution in [2.45, 2.75) is 18.8 Å². The molecule has 1 unspecified atom stereocenters. The number of fused-ring (bicyclic) bond motifs is 1. The van der Waals surface area contributed by atoms with Gasteiger partial charge in [-0.05, 0) is 12.1 Å². The molecule has 1 aromatic carbocycles. The van der Waals surface area contributed by atoms with Crippen molar-refractivity contribution >= 4 is 11.6 Å². The maximum atomic E-state index is 12.5. The van der Waals surface area contributed by atoms with E-state index >= 15 is 0 Å². The largest absolute Gasteiger partial charge is 0.573 e. The zero-order chi connectivity index (χ0) is 17.7. The molecule has 0 amide bonds. The van der Waals surface area contributed by atoms with Gasteiger partial charge in [-0.2, -0.15) is 0 Å². The van der Waals surface area contributed by atoms with Crippen molar-refractivity contribution in [2.75, 3.05) is 6.61 Å². The Bertz CT molecular complexity index is 697. The fourth-order valence-corrected chi connectivity index (χ4v) is 2.06. The Labute approximate surface area is 140 Å². The molecule has 1 aromatic heterocycles. The van der Waals surface area contributed by atoms with Crippen LogP contribution in [-0.4, -0.2) is 18.0 Å². The van der Waals surface area contributed by atoms with E-state index in [2.05, 4.69) is 9.72 Å². The molecule has 1 aliphatic rings. The highest BCUT2D eigenvalue weighted by Gasteiger charge is 2.32. The number of hydrogen-bond acceptors (Lipinski definition) is 4. The second-order valence-corrected chi connectivity index (χ2v) is 5.20. The van der Waals surface area contributed by atoms with Crippen LogP contribution in [0, 0.1) is 5.82 Å². The minimum absolute atomic E-state index is 0.00832. The molecule has 2 aromatic rings. The fourth-order valence-electron chi connectivity index (χ4n) is 1.91. The van der Waals surface area contributed by atoms with Gasteiger partial charge in [0.2, 0.25) is 0 Å². The third kappa shape index (κ3) is 5.24. The molecule has 0 saturated heterocycles. The highest BCUT2D eigenvalue weighted by atomic mass is 35.5. The summed E-state index contributed by atoms with van der Waals surface area (Å²) < 4.78 is 55.8. The average molecular weight is 365 g/mol. The number of para-hydroxylation sites is 1. The van der Waals surface area contributed by atoms with Crippen molar-refractivity contribution in [2.24, 2.45) is 5.73 Å². The van der Waals surface area contributed by atoms with Crippen LogP contribution in [0.5, 0.6) is 11.5 Å². The van der Waals surface area contributed by atoms with E-state index in [1.54, 1.807) is 12.3 Å². The molecule has 1 aliphatic heterocycles. The number of alkyl halides is 3. The number of aromatic nitrogens is 1. The summed E-state index contributed by atoms with van der Waals surface area (Å²) >= 11 is 5.74. The van der Waals surface area contributed by atoms with Crippen LogP contribution in [0.2, 0.25) is 5.02 Å². The zero-order valence-electron chi connectivity index (χ0n) is 12.2. The lowest BCUT2D eigenvalue weighted by molar-refractivity contribution is -0.275. The summed E-state index contributed by atoms with van der Waals surface area (Å²) in [6, 6.07) is 6.07. The van der Waals surface area contributed by atoms with Gasteiger partial charge in [0, 0.05) is 18.7 Å². The predicted molar refractivity (Wildman–Crippen MR) is 79.4 cm³/mol. The minimum Gasteiger partial charge on any atom is -0.491 e. The third-order valence-electron chi connectivity index (χ3n) is 2.95. The smallest absolute Gasteiger partial charge is 0.491 e. The summed E-state index contributed by atoms with van der Waals surface area (Å²) in [4.78, 5) is 4.12. The molecular weight excluding hydrogens is 352 g/mol. The molecule has 2 heterocycles. The molecule has 1 atom stereocenters. The molecule has 2 N–H and O–H groups in total. The van der Waals surface area contributed by atoms with E-state index in [-0.39, 0.29) is 6.04 Å². The van der Waals surface area contributed by atoms with E-state index in [0.717, 1.165) is 30.0 Å². The van der Waals surface area contributed by atoms with Gasteiger partial charge in [0.15, 0.2) is 11.6 Å². The number of benzene rings is 1. The summed E-state index contributed by atoms with van der Waals surface area (Å²) in [5, 5.41) is 0.586. The van der Waals surface area contributed by atoms with Gasteiger partial charge >= 0.3 is 6.36 Å². The molecule has 3 rings (SSSR count). The Hall–Kier alpha value is -2.06. The van der Waals surface area contributed by atoms with E-state index in [1.807, 2.05) is 0 Å². The molecule has 130 valence electrons. The zero-order valence-corrected chi connectivity index (χ0v) is 12.9. The second kappa shape index (κ2) is 7.67. The molecule has 9 heteroatoms. The third-order valence-corrected chi connectivity index (χ3v) is 3.16. The van der Waals surface area contributed by atoms with Crippen molar-refractivity contribution in [1.82, 2.24) is 4.98 Å². The standard InChI is InChI=1S/C8H9ClN2O.C7H4F4O/c9-5-3-7-8(11-4-5)6(10)1-2-12-7;8-5-3-1-2-4-6(5)12-7(9,10)11/h3-4,6H,1-2,10H2;1-4H. The van der Waals surface area contributed by atoms with Crippen molar-refractivity contribution in [3.8, 4) is 11.5 Å². The van der Waals surface area contributed by atoms with Crippen molar-refractivity contribution in [3.05, 3.63) is 53.1 Å². The highest BCUT2D eigenvalue weighted by molar-refractivity contribution is 6.30. The van der Waals surface area contributed by atoms with Gasteiger partial charge in [0.1, 0.15) is 5.75 Å². The summed E-state index contributed by atoms with van der Waals surface area (Å²) in [5.41, 5.74) is 6.62. The molecular formula is C15H13ClF4N2O2. The van der Waals surface area contributed by atoms with E-state index in [1.165, 1.54) is 12.1 Å². The van der Waals surface area contributed by atoms with Crippen LogP contribution in [0.25, 0.3) is 0 Å². The predicted octanol–water partition coefficient (Wildman–Crippen LogP) is 4.24. The number of halogens is 5. The summed E-state index contributed by atoms with van der Waals surface area (Å²) in [5.74, 6) is -1.12. The highest BCUT2D eigenvalue weighted by Crippen LogP contribution is 2.30. The molecule has 0 radical (unpaired) electrons. The number of hydrogen-bond donors (Lipinski definition) is 1. The molecule has 24 heavy (non-hydrogen) atoms. The first-order valence-electron chi connectivity index (χ1n) is 6.80. The number of nitrogens with zero attached hydrogens (tertiary/aromatic N) is 1. The Balaban J connectivity index is 0.000000174. The number of rotatable bonds is 1. The number of ether oxygens (including phenoxy) is 2. The SMILES string of the molecule is Fc1ccccc1OC(F)(F)F.NC1CCOc2cc(Cl)cnc21. The van der Waals surface area contributed by atoms with Crippen LogP contribution >= 0.6 is 11.6 Å². The maximum absolute atomic E-state index is 12.5. The summed E-state index contributed by atoms with van der Waals surface area (Å²) in [7, 11) is 0. The monoisotopic (exact) mass is 364 g/mol. The molecule has 0 spiro atoms. The Kier molecular flexibility index (Phi) is 5.84. The van der Waals surface area contributed by atoms with Gasteiger partial charge in [0.05, 0.1) is 23.4 Å². The first-order chi connectivity index (χ1) is 11.3.